The molecule has 2 heterocycles. The Morgan fingerprint density at radius 3 is 2.51 bits per heavy atom. The molecule has 182 valence electrons. The predicted octanol–water partition coefficient (Wildman–Crippen LogP) is 3.98. The fourth-order valence-corrected chi connectivity index (χ4v) is 4.00. The second-order valence-electron chi connectivity index (χ2n) is 8.03. The normalized spacial score (nSPS) is 15.5. The zero-order valence-electron chi connectivity index (χ0n) is 19.7. The summed E-state index contributed by atoms with van der Waals surface area (Å²) in [5.41, 5.74) is 3.03. The van der Waals surface area contributed by atoms with E-state index in [9.17, 15) is 14.0 Å². The van der Waals surface area contributed by atoms with E-state index in [0.717, 1.165) is 5.56 Å². The summed E-state index contributed by atoms with van der Waals surface area (Å²) < 4.78 is 24.9. The van der Waals surface area contributed by atoms with Crippen molar-refractivity contribution in [1.29, 1.82) is 0 Å². The van der Waals surface area contributed by atoms with Crippen molar-refractivity contribution in [2.24, 2.45) is 11.0 Å². The Balaban J connectivity index is 1.58. The van der Waals surface area contributed by atoms with Gasteiger partial charge in [-0.25, -0.2) is 9.40 Å². The molecular formula is C25H26FN5O4. The van der Waals surface area contributed by atoms with Gasteiger partial charge in [0.15, 0.2) is 17.3 Å². The Bertz CT molecular complexity index is 1240. The van der Waals surface area contributed by atoms with Gasteiger partial charge in [0.25, 0.3) is 5.91 Å². The summed E-state index contributed by atoms with van der Waals surface area (Å²) in [4.78, 5) is 25.0. The van der Waals surface area contributed by atoms with E-state index in [1.54, 1.807) is 24.3 Å². The number of hydrazone groups is 1. The van der Waals surface area contributed by atoms with Crippen molar-refractivity contribution in [3.05, 3.63) is 71.3 Å². The third-order valence-corrected chi connectivity index (χ3v) is 5.85. The molecule has 3 aromatic rings. The molecule has 1 unspecified atom stereocenters. The SMILES string of the molecule is CCC1CC(=O)N(Cc2ccc(NC(=O)c3ccn[nH]3)cc2)N=C1c1ccc(F)c(OC)c1OC. The summed E-state index contributed by atoms with van der Waals surface area (Å²) in [6.45, 7) is 2.22. The van der Waals surface area contributed by atoms with Gasteiger partial charge in [0, 0.05) is 29.8 Å². The Morgan fingerprint density at radius 2 is 1.89 bits per heavy atom. The van der Waals surface area contributed by atoms with Crippen LogP contribution in [-0.2, 0) is 11.3 Å². The van der Waals surface area contributed by atoms with Crippen molar-refractivity contribution >= 4 is 23.2 Å². The molecule has 0 radical (unpaired) electrons. The van der Waals surface area contributed by atoms with Crippen molar-refractivity contribution in [2.45, 2.75) is 26.3 Å². The van der Waals surface area contributed by atoms with Crippen molar-refractivity contribution < 1.29 is 23.5 Å². The molecule has 0 saturated carbocycles. The van der Waals surface area contributed by atoms with Crippen LogP contribution >= 0.6 is 0 Å². The maximum atomic E-state index is 14.2. The zero-order valence-corrected chi connectivity index (χ0v) is 19.7. The van der Waals surface area contributed by atoms with Crippen LogP contribution < -0.4 is 14.8 Å². The minimum Gasteiger partial charge on any atom is -0.492 e. The fourth-order valence-electron chi connectivity index (χ4n) is 4.00. The van der Waals surface area contributed by atoms with Gasteiger partial charge in [-0.3, -0.25) is 14.7 Å². The van der Waals surface area contributed by atoms with Gasteiger partial charge in [-0.15, -0.1) is 0 Å². The highest BCUT2D eigenvalue weighted by Gasteiger charge is 2.32. The van der Waals surface area contributed by atoms with Crippen LogP contribution in [0.4, 0.5) is 10.1 Å². The van der Waals surface area contributed by atoms with Crippen molar-refractivity contribution in [3.63, 3.8) is 0 Å². The number of anilines is 1. The van der Waals surface area contributed by atoms with Gasteiger partial charge in [-0.1, -0.05) is 19.1 Å². The van der Waals surface area contributed by atoms with Crippen molar-refractivity contribution in [1.82, 2.24) is 15.2 Å². The minimum atomic E-state index is -0.537. The molecule has 9 nitrogen and oxygen atoms in total. The molecule has 0 fully saturated rings. The van der Waals surface area contributed by atoms with Crippen LogP contribution in [0.1, 0.15) is 41.4 Å². The average molecular weight is 480 g/mol. The lowest BCUT2D eigenvalue weighted by atomic mass is 9.89. The molecule has 2 aromatic carbocycles. The van der Waals surface area contributed by atoms with Crippen LogP contribution in [0, 0.1) is 11.7 Å². The number of aromatic amines is 1. The first-order valence-corrected chi connectivity index (χ1v) is 11.1. The lowest BCUT2D eigenvalue weighted by molar-refractivity contribution is -0.133. The molecule has 4 rings (SSSR count). The molecule has 2 amide bonds. The number of halogens is 1. The minimum absolute atomic E-state index is 0.00114. The maximum Gasteiger partial charge on any atom is 0.273 e. The Hall–Kier alpha value is -4.21. The highest BCUT2D eigenvalue weighted by atomic mass is 19.1. The number of nitrogens with one attached hydrogen (secondary N) is 2. The number of rotatable bonds is 8. The first kappa shape index (κ1) is 23.9. The number of hydrogen-bond donors (Lipinski definition) is 2. The van der Waals surface area contributed by atoms with Gasteiger partial charge in [0.2, 0.25) is 5.91 Å². The highest BCUT2D eigenvalue weighted by Crippen LogP contribution is 2.37. The van der Waals surface area contributed by atoms with Gasteiger partial charge >= 0.3 is 0 Å². The zero-order chi connectivity index (χ0) is 24.9. The number of hydrogen-bond acceptors (Lipinski definition) is 6. The molecule has 0 spiro atoms. The Labute approximate surface area is 201 Å². The van der Waals surface area contributed by atoms with Crippen LogP contribution in [0.15, 0.2) is 53.8 Å². The van der Waals surface area contributed by atoms with Gasteiger partial charge in [-0.2, -0.15) is 10.2 Å². The third-order valence-electron chi connectivity index (χ3n) is 5.85. The van der Waals surface area contributed by atoms with E-state index in [1.807, 2.05) is 19.1 Å². The number of aromatic nitrogens is 2. The van der Waals surface area contributed by atoms with Crippen LogP contribution in [0.5, 0.6) is 11.5 Å². The van der Waals surface area contributed by atoms with E-state index in [1.165, 1.54) is 31.5 Å². The first-order chi connectivity index (χ1) is 16.9. The molecule has 2 N–H and O–H groups in total. The van der Waals surface area contributed by atoms with E-state index in [4.69, 9.17) is 9.47 Å². The smallest absolute Gasteiger partial charge is 0.273 e. The number of H-pyrrole nitrogens is 1. The highest BCUT2D eigenvalue weighted by molar-refractivity contribution is 6.08. The average Bonchev–Trinajstić information content (AvgIpc) is 3.41. The molecule has 1 atom stereocenters. The first-order valence-electron chi connectivity index (χ1n) is 11.1. The molecule has 35 heavy (non-hydrogen) atoms. The van der Waals surface area contributed by atoms with Gasteiger partial charge < -0.3 is 14.8 Å². The molecule has 10 heteroatoms. The van der Waals surface area contributed by atoms with Gasteiger partial charge in [0.05, 0.1) is 26.5 Å². The number of methoxy groups -OCH3 is 2. The number of ether oxygens (including phenoxy) is 2. The lowest BCUT2D eigenvalue weighted by Gasteiger charge is -2.30. The second-order valence-corrected chi connectivity index (χ2v) is 8.03. The number of carbonyl (C=O) groups excluding carboxylic acids is 2. The number of amides is 2. The van der Waals surface area contributed by atoms with Crippen molar-refractivity contribution in [3.8, 4) is 11.5 Å². The van der Waals surface area contributed by atoms with Crippen LogP contribution in [0.25, 0.3) is 0 Å². The van der Waals surface area contributed by atoms with Gasteiger partial charge in [-0.05, 0) is 42.3 Å². The summed E-state index contributed by atoms with van der Waals surface area (Å²) in [5, 5.41) is 15.2. The Kier molecular flexibility index (Phi) is 7.09. The molecule has 0 aliphatic carbocycles. The molecule has 1 aromatic heterocycles. The largest absolute Gasteiger partial charge is 0.492 e. The predicted molar refractivity (Wildman–Crippen MR) is 128 cm³/mol. The van der Waals surface area contributed by atoms with E-state index in [0.29, 0.717) is 29.1 Å². The molecule has 1 aliphatic rings. The summed E-state index contributed by atoms with van der Waals surface area (Å²) in [7, 11) is 2.82. The summed E-state index contributed by atoms with van der Waals surface area (Å²) in [5.74, 6) is -0.835. The summed E-state index contributed by atoms with van der Waals surface area (Å²) >= 11 is 0. The second kappa shape index (κ2) is 10.4. The van der Waals surface area contributed by atoms with Crippen molar-refractivity contribution in [2.75, 3.05) is 19.5 Å². The number of benzene rings is 2. The monoisotopic (exact) mass is 479 g/mol. The van der Waals surface area contributed by atoms with Crippen LogP contribution in [0.3, 0.4) is 0 Å². The Morgan fingerprint density at radius 1 is 1.14 bits per heavy atom. The quantitative estimate of drug-likeness (QED) is 0.508. The van der Waals surface area contributed by atoms with Crippen LogP contribution in [-0.4, -0.2) is 47.0 Å². The lowest BCUT2D eigenvalue weighted by Crippen LogP contribution is -2.37. The summed E-state index contributed by atoms with van der Waals surface area (Å²) in [6.07, 6.45) is 2.46. The molecular weight excluding hydrogens is 453 g/mol. The fraction of sp³-hybridized carbons (Fsp3) is 0.280. The van der Waals surface area contributed by atoms with E-state index >= 15 is 0 Å². The standard InChI is InChI=1S/C25H26FN5O4/c1-4-16-13-21(32)31(30-22(16)18-9-10-19(26)24(35-3)23(18)34-2)14-15-5-7-17(8-6-15)28-25(33)20-11-12-27-29-20/h5-12,16H,4,13-14H2,1-3H3,(H,27,29)(H,28,33). The third kappa shape index (κ3) is 5.01. The molecule has 1 aliphatic heterocycles. The molecule has 0 saturated heterocycles. The number of carbonyl (C=O) groups is 2. The van der Waals surface area contributed by atoms with E-state index in [-0.39, 0.29) is 42.2 Å². The topological polar surface area (TPSA) is 109 Å². The van der Waals surface area contributed by atoms with E-state index < -0.39 is 5.82 Å². The summed E-state index contributed by atoms with van der Waals surface area (Å²) in [6, 6.07) is 11.6. The van der Waals surface area contributed by atoms with Gasteiger partial charge in [0.1, 0.15) is 5.69 Å². The number of nitrogens with zero attached hydrogens (tertiary/aromatic N) is 3. The van der Waals surface area contributed by atoms with Crippen LogP contribution in [0.2, 0.25) is 0 Å². The van der Waals surface area contributed by atoms with E-state index in [2.05, 4.69) is 20.6 Å². The maximum absolute atomic E-state index is 14.2. The molecule has 0 bridgehead atoms.